The summed E-state index contributed by atoms with van der Waals surface area (Å²) in [5.41, 5.74) is 0.392. The molecule has 0 bridgehead atoms. The van der Waals surface area contributed by atoms with Crippen LogP contribution in [-0.2, 0) is 0 Å². The van der Waals surface area contributed by atoms with E-state index in [0.29, 0.717) is 17.7 Å². The fourth-order valence-corrected chi connectivity index (χ4v) is 3.42. The molecule has 2 rings (SSSR count). The number of carbonyl (C=O) groups is 1. The lowest BCUT2D eigenvalue weighted by atomic mass is 10.1. The second-order valence-corrected chi connectivity index (χ2v) is 6.82. The molecular formula is C15H20N2O2S2. The van der Waals surface area contributed by atoms with Crippen molar-refractivity contribution < 1.29 is 9.90 Å². The lowest BCUT2D eigenvalue weighted by molar-refractivity contribution is 0.0987. The lowest BCUT2D eigenvalue weighted by Gasteiger charge is -2.33. The van der Waals surface area contributed by atoms with E-state index < -0.39 is 0 Å². The molecule has 0 aromatic heterocycles. The van der Waals surface area contributed by atoms with Gasteiger partial charge in [0.05, 0.1) is 5.56 Å². The number of rotatable bonds is 4. The highest BCUT2D eigenvalue weighted by Crippen LogP contribution is 2.19. The van der Waals surface area contributed by atoms with E-state index in [1.165, 1.54) is 6.07 Å². The van der Waals surface area contributed by atoms with Gasteiger partial charge in [-0.05, 0) is 19.2 Å². The summed E-state index contributed by atoms with van der Waals surface area (Å²) in [6, 6.07) is 6.66. The van der Waals surface area contributed by atoms with E-state index in [1.807, 2.05) is 0 Å². The highest BCUT2D eigenvalue weighted by Gasteiger charge is 2.17. The number of carbonyl (C=O) groups excluding carboxylic acids is 1. The minimum Gasteiger partial charge on any atom is -0.507 e. The normalized spacial score (nSPS) is 16.0. The predicted octanol–water partition coefficient (Wildman–Crippen LogP) is 2.23. The summed E-state index contributed by atoms with van der Waals surface area (Å²) in [6.45, 7) is 3.96. The molecule has 114 valence electrons. The summed E-state index contributed by atoms with van der Waals surface area (Å²) in [5, 5.41) is 9.65. The molecule has 0 amide bonds. The van der Waals surface area contributed by atoms with Crippen LogP contribution >= 0.6 is 24.0 Å². The van der Waals surface area contributed by atoms with Gasteiger partial charge in [-0.3, -0.25) is 4.79 Å². The third kappa shape index (κ3) is 4.69. The number of phenols is 1. The van der Waals surface area contributed by atoms with Crippen LogP contribution in [0.15, 0.2) is 24.3 Å². The maximum atomic E-state index is 12.0. The Bertz CT molecular complexity index is 514. The van der Waals surface area contributed by atoms with Gasteiger partial charge in [-0.15, -0.1) is 0 Å². The zero-order valence-electron chi connectivity index (χ0n) is 12.1. The summed E-state index contributed by atoms with van der Waals surface area (Å²) in [6.07, 6.45) is 0.385. The summed E-state index contributed by atoms with van der Waals surface area (Å²) < 4.78 is 0.869. The van der Waals surface area contributed by atoms with Crippen molar-refractivity contribution in [2.75, 3.05) is 39.0 Å². The molecule has 0 saturated carbocycles. The Morgan fingerprint density at radius 3 is 2.62 bits per heavy atom. The molecule has 21 heavy (non-hydrogen) atoms. The molecule has 1 aromatic rings. The van der Waals surface area contributed by atoms with E-state index in [9.17, 15) is 9.90 Å². The van der Waals surface area contributed by atoms with Gasteiger partial charge in [0.15, 0.2) is 5.78 Å². The Morgan fingerprint density at radius 1 is 1.29 bits per heavy atom. The summed E-state index contributed by atoms with van der Waals surface area (Å²) in [4.78, 5) is 16.5. The number of hydrogen-bond acceptors (Lipinski definition) is 5. The third-order valence-corrected chi connectivity index (χ3v) is 5.05. The SMILES string of the molecule is CN1CCN(C(=S)SCCC(=O)c2ccccc2O)CC1. The quantitative estimate of drug-likeness (QED) is 0.677. The Hall–Kier alpha value is -1.11. The molecule has 0 atom stereocenters. The first-order chi connectivity index (χ1) is 10.1. The van der Waals surface area contributed by atoms with Crippen molar-refractivity contribution in [1.82, 2.24) is 9.80 Å². The van der Waals surface area contributed by atoms with Crippen molar-refractivity contribution in [2.24, 2.45) is 0 Å². The molecule has 1 fully saturated rings. The Labute approximate surface area is 135 Å². The van der Waals surface area contributed by atoms with Gasteiger partial charge in [0, 0.05) is 38.4 Å². The maximum Gasteiger partial charge on any atom is 0.167 e. The smallest absolute Gasteiger partial charge is 0.167 e. The van der Waals surface area contributed by atoms with Crippen LogP contribution < -0.4 is 0 Å². The molecule has 0 spiro atoms. The first kappa shape index (κ1) is 16.3. The number of nitrogens with zero attached hydrogens (tertiary/aromatic N) is 2. The number of piperazine rings is 1. The van der Waals surface area contributed by atoms with Gasteiger partial charge in [0.2, 0.25) is 0 Å². The van der Waals surface area contributed by atoms with Gasteiger partial charge in [0.1, 0.15) is 10.1 Å². The van der Waals surface area contributed by atoms with Crippen molar-refractivity contribution in [1.29, 1.82) is 0 Å². The van der Waals surface area contributed by atoms with Crippen molar-refractivity contribution >= 4 is 34.1 Å². The van der Waals surface area contributed by atoms with Crippen molar-refractivity contribution in [2.45, 2.75) is 6.42 Å². The number of thiocarbonyl (C=S) groups is 1. The number of para-hydroxylation sites is 1. The molecule has 1 aromatic carbocycles. The first-order valence-corrected chi connectivity index (χ1v) is 8.39. The average molecular weight is 324 g/mol. The Balaban J connectivity index is 1.75. The third-order valence-electron chi connectivity index (χ3n) is 3.52. The zero-order chi connectivity index (χ0) is 15.2. The van der Waals surface area contributed by atoms with Crippen molar-refractivity contribution in [3.05, 3.63) is 29.8 Å². The fraction of sp³-hybridized carbons (Fsp3) is 0.467. The van der Waals surface area contributed by atoms with Crippen LogP contribution in [0.1, 0.15) is 16.8 Å². The number of Topliss-reactive ketones (excluding diaryl/α,β-unsaturated/α-hetero) is 1. The molecule has 6 heteroatoms. The first-order valence-electron chi connectivity index (χ1n) is 6.99. The summed E-state index contributed by atoms with van der Waals surface area (Å²) in [7, 11) is 2.11. The lowest BCUT2D eigenvalue weighted by Crippen LogP contribution is -2.45. The van der Waals surface area contributed by atoms with Crippen LogP contribution in [0.2, 0.25) is 0 Å². The van der Waals surface area contributed by atoms with Crippen LogP contribution in [-0.4, -0.2) is 64.0 Å². The van der Waals surface area contributed by atoms with E-state index in [1.54, 1.807) is 30.0 Å². The molecule has 0 unspecified atom stereocenters. The van der Waals surface area contributed by atoms with E-state index in [4.69, 9.17) is 12.2 Å². The number of hydrogen-bond donors (Lipinski definition) is 1. The standard InChI is InChI=1S/C15H20N2O2S2/c1-16-7-9-17(10-8-16)15(20)21-11-6-14(19)12-4-2-3-5-13(12)18/h2-5,18H,6-11H2,1H3. The molecule has 1 aliphatic heterocycles. The fourth-order valence-electron chi connectivity index (χ4n) is 2.16. The number of likely N-dealkylation sites (N-methyl/N-ethyl adjacent to an activating group) is 1. The largest absolute Gasteiger partial charge is 0.507 e. The maximum absolute atomic E-state index is 12.0. The zero-order valence-corrected chi connectivity index (χ0v) is 13.8. The molecule has 1 aliphatic rings. The number of aromatic hydroxyl groups is 1. The van der Waals surface area contributed by atoms with Crippen LogP contribution in [0.4, 0.5) is 0 Å². The Kier molecular flexibility index (Phi) is 6.02. The topological polar surface area (TPSA) is 43.8 Å². The van der Waals surface area contributed by atoms with Gasteiger partial charge in [-0.1, -0.05) is 36.1 Å². The minimum absolute atomic E-state index is 0.0400. The van der Waals surface area contributed by atoms with E-state index in [2.05, 4.69) is 16.8 Å². The molecule has 1 N–H and O–H groups in total. The molecular weight excluding hydrogens is 304 g/mol. The van der Waals surface area contributed by atoms with Gasteiger partial charge in [-0.25, -0.2) is 0 Å². The second kappa shape index (κ2) is 7.77. The molecule has 1 heterocycles. The number of thioether (sulfide) groups is 1. The highest BCUT2D eigenvalue weighted by atomic mass is 32.2. The number of benzene rings is 1. The van der Waals surface area contributed by atoms with Crippen molar-refractivity contribution in [3.8, 4) is 5.75 Å². The van der Waals surface area contributed by atoms with Crippen molar-refractivity contribution in [3.63, 3.8) is 0 Å². The molecule has 4 nitrogen and oxygen atoms in total. The number of phenolic OH excluding ortho intramolecular Hbond substituents is 1. The van der Waals surface area contributed by atoms with Crippen LogP contribution in [0.25, 0.3) is 0 Å². The Morgan fingerprint density at radius 2 is 1.95 bits per heavy atom. The number of ketones is 1. The van der Waals surface area contributed by atoms with E-state index in [0.717, 1.165) is 30.5 Å². The minimum atomic E-state index is -0.0400. The van der Waals surface area contributed by atoms with E-state index >= 15 is 0 Å². The van der Waals surface area contributed by atoms with Gasteiger partial charge >= 0.3 is 0 Å². The van der Waals surface area contributed by atoms with Gasteiger partial charge < -0.3 is 14.9 Å². The summed E-state index contributed by atoms with van der Waals surface area (Å²) in [5.74, 6) is 0.661. The molecule has 0 aliphatic carbocycles. The van der Waals surface area contributed by atoms with Crippen LogP contribution in [0, 0.1) is 0 Å². The molecule has 1 saturated heterocycles. The summed E-state index contributed by atoms with van der Waals surface area (Å²) >= 11 is 6.97. The molecule has 0 radical (unpaired) electrons. The highest BCUT2D eigenvalue weighted by molar-refractivity contribution is 8.22. The van der Waals surface area contributed by atoms with Gasteiger partial charge in [0.25, 0.3) is 0 Å². The average Bonchev–Trinajstić information content (AvgIpc) is 2.48. The second-order valence-electron chi connectivity index (χ2n) is 5.10. The monoisotopic (exact) mass is 324 g/mol. The predicted molar refractivity (Wildman–Crippen MR) is 91.2 cm³/mol. The van der Waals surface area contributed by atoms with Crippen LogP contribution in [0.3, 0.4) is 0 Å². The van der Waals surface area contributed by atoms with Gasteiger partial charge in [-0.2, -0.15) is 0 Å². The van der Waals surface area contributed by atoms with Crippen LogP contribution in [0.5, 0.6) is 5.75 Å². The van der Waals surface area contributed by atoms with E-state index in [-0.39, 0.29) is 11.5 Å².